The van der Waals surface area contributed by atoms with Gasteiger partial charge in [-0.25, -0.2) is 9.97 Å². The van der Waals surface area contributed by atoms with Crippen LogP contribution >= 0.6 is 11.3 Å². The zero-order valence-electron chi connectivity index (χ0n) is 10.4. The molecule has 6 heteroatoms. The molecule has 0 saturated heterocycles. The minimum Gasteiger partial charge on any atom is -0.399 e. The standard InChI is InChI=1S/C13H14N4OS/c1-8(13-15-4-5-19-13)17-11-3-2-9(14)6-10(11)16-12(17)7-18/h2-6,8,18H,7,14H2,1H3. The van der Waals surface area contributed by atoms with E-state index in [4.69, 9.17) is 5.73 Å². The largest absolute Gasteiger partial charge is 0.399 e. The first kappa shape index (κ1) is 12.1. The lowest BCUT2D eigenvalue weighted by Crippen LogP contribution is -2.10. The molecule has 3 N–H and O–H groups in total. The molecule has 0 radical (unpaired) electrons. The molecule has 2 heterocycles. The van der Waals surface area contributed by atoms with Crippen LogP contribution in [0.5, 0.6) is 0 Å². The van der Waals surface area contributed by atoms with E-state index in [1.54, 1.807) is 17.5 Å². The fourth-order valence-electron chi connectivity index (χ4n) is 2.26. The number of benzene rings is 1. The summed E-state index contributed by atoms with van der Waals surface area (Å²) in [6.07, 6.45) is 1.78. The Kier molecular flexibility index (Phi) is 2.96. The van der Waals surface area contributed by atoms with Gasteiger partial charge in [-0.2, -0.15) is 0 Å². The van der Waals surface area contributed by atoms with E-state index >= 15 is 0 Å². The third-order valence-corrected chi connectivity index (χ3v) is 4.07. The second-order valence-corrected chi connectivity index (χ2v) is 5.28. The maximum atomic E-state index is 9.50. The summed E-state index contributed by atoms with van der Waals surface area (Å²) in [4.78, 5) is 8.77. The average Bonchev–Trinajstić information content (AvgIpc) is 3.04. The molecule has 1 aromatic carbocycles. The van der Waals surface area contributed by atoms with Gasteiger partial charge in [0, 0.05) is 17.3 Å². The number of fused-ring (bicyclic) bond motifs is 1. The van der Waals surface area contributed by atoms with Crippen LogP contribution < -0.4 is 5.73 Å². The van der Waals surface area contributed by atoms with Gasteiger partial charge in [0.1, 0.15) is 17.4 Å². The van der Waals surface area contributed by atoms with Gasteiger partial charge in [0.2, 0.25) is 0 Å². The van der Waals surface area contributed by atoms with Crippen LogP contribution in [-0.4, -0.2) is 19.6 Å². The molecule has 19 heavy (non-hydrogen) atoms. The third kappa shape index (κ3) is 1.98. The minimum absolute atomic E-state index is 0.0378. The number of hydrogen-bond acceptors (Lipinski definition) is 5. The molecular formula is C13H14N4OS. The number of thiazole rings is 1. The van der Waals surface area contributed by atoms with Crippen LogP contribution in [0.1, 0.15) is 23.8 Å². The molecule has 98 valence electrons. The van der Waals surface area contributed by atoms with Gasteiger partial charge in [-0.05, 0) is 25.1 Å². The number of nitrogens with zero attached hydrogens (tertiary/aromatic N) is 3. The Morgan fingerprint density at radius 3 is 3.00 bits per heavy atom. The van der Waals surface area contributed by atoms with Gasteiger partial charge < -0.3 is 15.4 Å². The number of rotatable bonds is 3. The van der Waals surface area contributed by atoms with E-state index in [1.165, 1.54) is 0 Å². The lowest BCUT2D eigenvalue weighted by Gasteiger charge is -2.14. The summed E-state index contributed by atoms with van der Waals surface area (Å²) in [6.45, 7) is 1.94. The van der Waals surface area contributed by atoms with Crippen molar-refractivity contribution in [2.45, 2.75) is 19.6 Å². The van der Waals surface area contributed by atoms with E-state index in [0.29, 0.717) is 11.5 Å². The zero-order chi connectivity index (χ0) is 13.4. The van der Waals surface area contributed by atoms with E-state index in [1.807, 2.05) is 28.1 Å². The molecule has 1 atom stereocenters. The van der Waals surface area contributed by atoms with Gasteiger partial charge in [-0.1, -0.05) is 0 Å². The van der Waals surface area contributed by atoms with Gasteiger partial charge in [-0.15, -0.1) is 11.3 Å². The number of aliphatic hydroxyl groups excluding tert-OH is 1. The molecule has 0 aliphatic heterocycles. The molecule has 2 aromatic heterocycles. The molecule has 0 bridgehead atoms. The first-order valence-electron chi connectivity index (χ1n) is 5.97. The van der Waals surface area contributed by atoms with Crippen LogP contribution in [0.25, 0.3) is 11.0 Å². The summed E-state index contributed by atoms with van der Waals surface area (Å²) in [6, 6.07) is 5.63. The normalized spacial score (nSPS) is 12.9. The van der Waals surface area contributed by atoms with Crippen molar-refractivity contribution >= 4 is 28.1 Å². The van der Waals surface area contributed by atoms with E-state index < -0.39 is 0 Å². The van der Waals surface area contributed by atoms with E-state index in [9.17, 15) is 5.11 Å². The van der Waals surface area contributed by atoms with Crippen LogP contribution in [0.15, 0.2) is 29.8 Å². The Bertz CT molecular complexity index is 705. The highest BCUT2D eigenvalue weighted by Gasteiger charge is 2.18. The van der Waals surface area contributed by atoms with Crippen molar-refractivity contribution < 1.29 is 5.11 Å². The Hall–Kier alpha value is -1.92. The van der Waals surface area contributed by atoms with Crippen molar-refractivity contribution in [3.63, 3.8) is 0 Å². The molecule has 0 saturated carbocycles. The highest BCUT2D eigenvalue weighted by molar-refractivity contribution is 7.09. The second kappa shape index (κ2) is 4.64. The molecule has 0 aliphatic rings. The molecule has 5 nitrogen and oxygen atoms in total. The summed E-state index contributed by atoms with van der Waals surface area (Å²) in [5, 5.41) is 12.4. The van der Waals surface area contributed by atoms with Crippen LogP contribution in [0.2, 0.25) is 0 Å². The van der Waals surface area contributed by atoms with Gasteiger partial charge in [0.05, 0.1) is 17.1 Å². The summed E-state index contributed by atoms with van der Waals surface area (Å²) in [7, 11) is 0. The monoisotopic (exact) mass is 274 g/mol. The first-order chi connectivity index (χ1) is 9.20. The van der Waals surface area contributed by atoms with E-state index in [-0.39, 0.29) is 12.6 Å². The third-order valence-electron chi connectivity index (χ3n) is 3.12. The average molecular weight is 274 g/mol. The molecule has 0 aliphatic carbocycles. The molecular weight excluding hydrogens is 260 g/mol. The summed E-state index contributed by atoms with van der Waals surface area (Å²) in [5.74, 6) is 0.628. The first-order valence-corrected chi connectivity index (χ1v) is 6.85. The molecule has 0 amide bonds. The van der Waals surface area contributed by atoms with Crippen LogP contribution in [0.3, 0.4) is 0 Å². The highest BCUT2D eigenvalue weighted by atomic mass is 32.1. The number of imidazole rings is 1. The summed E-state index contributed by atoms with van der Waals surface area (Å²) >= 11 is 1.59. The molecule has 3 aromatic rings. The topological polar surface area (TPSA) is 77.0 Å². The minimum atomic E-state index is -0.107. The Morgan fingerprint density at radius 1 is 1.47 bits per heavy atom. The summed E-state index contributed by atoms with van der Waals surface area (Å²) < 4.78 is 2.01. The fourth-order valence-corrected chi connectivity index (χ4v) is 2.95. The summed E-state index contributed by atoms with van der Waals surface area (Å²) in [5.41, 5.74) is 8.20. The SMILES string of the molecule is CC(c1nccs1)n1c(CO)nc2cc(N)ccc21. The zero-order valence-corrected chi connectivity index (χ0v) is 11.3. The lowest BCUT2D eigenvalue weighted by atomic mass is 10.2. The fraction of sp³-hybridized carbons (Fsp3) is 0.231. The van der Waals surface area contributed by atoms with E-state index in [0.717, 1.165) is 16.0 Å². The van der Waals surface area contributed by atoms with Gasteiger partial charge in [0.15, 0.2) is 0 Å². The Balaban J connectivity index is 2.21. The van der Waals surface area contributed by atoms with Crippen LogP contribution in [-0.2, 0) is 6.61 Å². The molecule has 0 fully saturated rings. The van der Waals surface area contributed by atoms with Crippen molar-refractivity contribution in [2.24, 2.45) is 0 Å². The Labute approximate surface area is 114 Å². The quantitative estimate of drug-likeness (QED) is 0.718. The predicted octanol–water partition coefficient (Wildman–Crippen LogP) is 2.18. The number of aliphatic hydroxyl groups is 1. The highest BCUT2D eigenvalue weighted by Crippen LogP contribution is 2.28. The van der Waals surface area contributed by atoms with Crippen LogP contribution in [0, 0.1) is 0 Å². The van der Waals surface area contributed by atoms with Gasteiger partial charge in [-0.3, -0.25) is 0 Å². The van der Waals surface area contributed by atoms with Crippen molar-refractivity contribution in [2.75, 3.05) is 5.73 Å². The van der Waals surface area contributed by atoms with Gasteiger partial charge >= 0.3 is 0 Å². The second-order valence-electron chi connectivity index (χ2n) is 4.35. The number of nitrogen functional groups attached to an aromatic ring is 1. The van der Waals surface area contributed by atoms with Crippen LogP contribution in [0.4, 0.5) is 5.69 Å². The Morgan fingerprint density at radius 2 is 2.32 bits per heavy atom. The molecule has 1 unspecified atom stereocenters. The number of hydrogen-bond donors (Lipinski definition) is 2. The number of nitrogens with two attached hydrogens (primary N) is 1. The van der Waals surface area contributed by atoms with Crippen molar-refractivity contribution in [1.29, 1.82) is 0 Å². The smallest absolute Gasteiger partial charge is 0.136 e. The van der Waals surface area contributed by atoms with Crippen molar-refractivity contribution in [1.82, 2.24) is 14.5 Å². The van der Waals surface area contributed by atoms with Gasteiger partial charge in [0.25, 0.3) is 0 Å². The lowest BCUT2D eigenvalue weighted by molar-refractivity contribution is 0.264. The van der Waals surface area contributed by atoms with E-state index in [2.05, 4.69) is 16.9 Å². The number of anilines is 1. The maximum absolute atomic E-state index is 9.50. The van der Waals surface area contributed by atoms with Crippen molar-refractivity contribution in [3.05, 3.63) is 40.6 Å². The number of aromatic nitrogens is 3. The maximum Gasteiger partial charge on any atom is 0.136 e. The predicted molar refractivity (Wildman–Crippen MR) is 76.0 cm³/mol. The molecule has 3 rings (SSSR count). The van der Waals surface area contributed by atoms with Crippen molar-refractivity contribution in [3.8, 4) is 0 Å². The molecule has 0 spiro atoms.